The second-order valence-corrected chi connectivity index (χ2v) is 7.42. The van der Waals surface area contributed by atoms with Crippen molar-refractivity contribution in [2.24, 2.45) is 5.41 Å². The smallest absolute Gasteiger partial charge is 0.324 e. The number of benzene rings is 2. The molecule has 0 heterocycles. The van der Waals surface area contributed by atoms with Crippen molar-refractivity contribution >= 4 is 11.9 Å². The zero-order chi connectivity index (χ0) is 22.6. The monoisotopic (exact) mass is 428 g/mol. The van der Waals surface area contributed by atoms with E-state index in [0.717, 1.165) is 11.1 Å². The van der Waals surface area contributed by atoms with Crippen LogP contribution in [0.2, 0.25) is 0 Å². The predicted molar refractivity (Wildman–Crippen MR) is 113 cm³/mol. The number of hydrogen-bond acceptors (Lipinski definition) is 7. The van der Waals surface area contributed by atoms with Crippen LogP contribution in [0.1, 0.15) is 36.1 Å². The molecule has 1 aliphatic carbocycles. The Morgan fingerprint density at radius 3 is 2.19 bits per heavy atom. The molecule has 0 bridgehead atoms. The maximum absolute atomic E-state index is 13.0. The molecule has 0 aromatic heterocycles. The van der Waals surface area contributed by atoms with Crippen molar-refractivity contribution in [1.82, 2.24) is 0 Å². The van der Waals surface area contributed by atoms with Crippen LogP contribution in [0, 0.1) is 5.41 Å². The highest BCUT2D eigenvalue weighted by molar-refractivity contribution is 6.02. The lowest BCUT2D eigenvalue weighted by molar-refractivity contribution is -0.171. The average Bonchev–Trinajstić information content (AvgIpc) is 3.18. The van der Waals surface area contributed by atoms with Gasteiger partial charge in [0.15, 0.2) is 5.41 Å². The molecular formula is C24H28O7. The Kier molecular flexibility index (Phi) is 6.97. The Hall–Kier alpha value is -2.90. The van der Waals surface area contributed by atoms with Gasteiger partial charge in [0.1, 0.15) is 5.75 Å². The number of carbonyl (C=O) groups is 2. The molecule has 7 heteroatoms. The number of methoxy groups -OCH3 is 1. The number of hydrogen-bond donors (Lipinski definition) is 2. The highest BCUT2D eigenvalue weighted by Gasteiger charge is 2.54. The van der Waals surface area contributed by atoms with Gasteiger partial charge >= 0.3 is 11.9 Å². The van der Waals surface area contributed by atoms with Crippen LogP contribution in [0.15, 0.2) is 30.3 Å². The summed E-state index contributed by atoms with van der Waals surface area (Å²) in [6.45, 7) is 3.04. The second kappa shape index (κ2) is 9.49. The van der Waals surface area contributed by atoms with Gasteiger partial charge in [0, 0.05) is 12.0 Å². The summed E-state index contributed by atoms with van der Waals surface area (Å²) in [6, 6.07) is 9.07. The van der Waals surface area contributed by atoms with Crippen LogP contribution in [0.5, 0.6) is 5.75 Å². The Labute approximate surface area is 181 Å². The molecule has 7 nitrogen and oxygen atoms in total. The quantitative estimate of drug-likeness (QED) is 0.492. The average molecular weight is 428 g/mol. The molecule has 0 saturated carbocycles. The number of carbonyl (C=O) groups excluding carboxylic acids is 2. The molecule has 166 valence electrons. The van der Waals surface area contributed by atoms with E-state index < -0.39 is 17.4 Å². The maximum Gasteiger partial charge on any atom is 0.324 e. The zero-order valence-electron chi connectivity index (χ0n) is 18.1. The van der Waals surface area contributed by atoms with Crippen molar-refractivity contribution < 1.29 is 34.0 Å². The topological polar surface area (TPSA) is 102 Å². The molecule has 2 aromatic rings. The number of ether oxygens (including phenoxy) is 3. The van der Waals surface area contributed by atoms with Crippen molar-refractivity contribution in [2.75, 3.05) is 20.3 Å². The Balaban J connectivity index is 2.28. The van der Waals surface area contributed by atoms with Gasteiger partial charge in [-0.1, -0.05) is 24.3 Å². The molecule has 0 aliphatic heterocycles. The van der Waals surface area contributed by atoms with E-state index in [2.05, 4.69) is 0 Å². The van der Waals surface area contributed by atoms with Crippen molar-refractivity contribution in [3.63, 3.8) is 0 Å². The highest BCUT2D eigenvalue weighted by Crippen LogP contribution is 2.47. The van der Waals surface area contributed by atoms with Gasteiger partial charge in [-0.15, -0.1) is 0 Å². The van der Waals surface area contributed by atoms with Crippen LogP contribution in [0.4, 0.5) is 0 Å². The van der Waals surface area contributed by atoms with Crippen LogP contribution < -0.4 is 4.74 Å². The molecule has 2 N–H and O–H groups in total. The van der Waals surface area contributed by atoms with Gasteiger partial charge in [-0.05, 0) is 54.2 Å². The molecule has 0 amide bonds. The third-order valence-corrected chi connectivity index (χ3v) is 5.74. The third kappa shape index (κ3) is 3.91. The first kappa shape index (κ1) is 22.8. The summed E-state index contributed by atoms with van der Waals surface area (Å²) in [5.41, 5.74) is 2.42. The van der Waals surface area contributed by atoms with E-state index in [1.807, 2.05) is 18.2 Å². The fourth-order valence-electron chi connectivity index (χ4n) is 4.35. The molecule has 0 unspecified atom stereocenters. The zero-order valence-corrected chi connectivity index (χ0v) is 18.1. The molecule has 1 aliphatic rings. The minimum absolute atomic E-state index is 0.0755. The molecule has 0 fully saturated rings. The van der Waals surface area contributed by atoms with Crippen LogP contribution in [0.3, 0.4) is 0 Å². The maximum atomic E-state index is 13.0. The molecule has 31 heavy (non-hydrogen) atoms. The van der Waals surface area contributed by atoms with Gasteiger partial charge < -0.3 is 24.4 Å². The lowest BCUT2D eigenvalue weighted by Gasteiger charge is -2.24. The summed E-state index contributed by atoms with van der Waals surface area (Å²) in [6.07, 6.45) is 0.174. The summed E-state index contributed by atoms with van der Waals surface area (Å²) in [5.74, 6) is -0.683. The minimum Gasteiger partial charge on any atom is -0.496 e. The largest absolute Gasteiger partial charge is 0.496 e. The first-order valence-corrected chi connectivity index (χ1v) is 10.3. The standard InChI is InChI=1S/C24H28O7/c1-4-30-22(27)24(23(28)31-5-2)11-15-10-16(13-25)19(14-26)21(18(15)12-24)17-8-6-7-9-20(17)29-3/h6-10,25-26H,4-5,11-14H2,1-3H3. The van der Waals surface area contributed by atoms with E-state index in [1.165, 1.54) is 0 Å². The van der Waals surface area contributed by atoms with Gasteiger partial charge in [-0.2, -0.15) is 0 Å². The highest BCUT2D eigenvalue weighted by atomic mass is 16.6. The van der Waals surface area contributed by atoms with E-state index >= 15 is 0 Å². The third-order valence-electron chi connectivity index (χ3n) is 5.74. The molecule has 3 rings (SSSR count). The van der Waals surface area contributed by atoms with Gasteiger partial charge in [0.2, 0.25) is 0 Å². The van der Waals surface area contributed by atoms with Gasteiger partial charge in [0.05, 0.1) is 33.5 Å². The number of esters is 2. The van der Waals surface area contributed by atoms with Crippen LogP contribution >= 0.6 is 0 Å². The number of aliphatic hydroxyl groups excluding tert-OH is 2. The van der Waals surface area contributed by atoms with Crippen molar-refractivity contribution in [1.29, 1.82) is 0 Å². The first-order valence-electron chi connectivity index (χ1n) is 10.3. The van der Waals surface area contributed by atoms with Crippen LogP contribution in [-0.4, -0.2) is 42.5 Å². The molecule has 0 spiro atoms. The predicted octanol–water partition coefficient (Wildman–Crippen LogP) is 2.56. The Morgan fingerprint density at radius 2 is 1.65 bits per heavy atom. The van der Waals surface area contributed by atoms with Crippen molar-refractivity contribution in [2.45, 2.75) is 39.9 Å². The number of para-hydroxylation sites is 1. The second-order valence-electron chi connectivity index (χ2n) is 7.42. The summed E-state index contributed by atoms with van der Waals surface area (Å²) in [4.78, 5) is 26.0. The lowest BCUT2D eigenvalue weighted by Crippen LogP contribution is -2.43. The number of aliphatic hydroxyl groups is 2. The fraction of sp³-hybridized carbons (Fsp3) is 0.417. The number of fused-ring (bicyclic) bond motifs is 1. The van der Waals surface area contributed by atoms with Gasteiger partial charge in [-0.25, -0.2) is 0 Å². The van der Waals surface area contributed by atoms with E-state index in [9.17, 15) is 19.8 Å². The summed E-state index contributed by atoms with van der Waals surface area (Å²) in [7, 11) is 1.55. The normalized spacial score (nSPS) is 14.1. The van der Waals surface area contributed by atoms with E-state index in [0.29, 0.717) is 28.0 Å². The lowest BCUT2D eigenvalue weighted by atomic mass is 9.83. The van der Waals surface area contributed by atoms with Gasteiger partial charge in [-0.3, -0.25) is 9.59 Å². The van der Waals surface area contributed by atoms with E-state index in [-0.39, 0.29) is 39.3 Å². The van der Waals surface area contributed by atoms with Gasteiger partial charge in [0.25, 0.3) is 0 Å². The van der Waals surface area contributed by atoms with Crippen LogP contribution in [-0.2, 0) is 45.1 Å². The molecule has 0 saturated heterocycles. The SMILES string of the molecule is CCOC(=O)C1(C(=O)OCC)Cc2cc(CO)c(CO)c(-c3ccccc3OC)c2C1. The van der Waals surface area contributed by atoms with E-state index in [1.54, 1.807) is 33.1 Å². The molecule has 2 aromatic carbocycles. The summed E-state index contributed by atoms with van der Waals surface area (Å²) >= 11 is 0. The molecule has 0 atom stereocenters. The molecule has 0 radical (unpaired) electrons. The minimum atomic E-state index is -1.51. The summed E-state index contributed by atoms with van der Waals surface area (Å²) < 4.78 is 16.1. The Bertz CT molecular complexity index is 962. The Morgan fingerprint density at radius 1 is 1.00 bits per heavy atom. The first-order chi connectivity index (χ1) is 15.0. The summed E-state index contributed by atoms with van der Waals surface area (Å²) in [5, 5.41) is 20.1. The van der Waals surface area contributed by atoms with Crippen molar-refractivity contribution in [3.8, 4) is 16.9 Å². The molecular weight excluding hydrogens is 400 g/mol. The van der Waals surface area contributed by atoms with E-state index in [4.69, 9.17) is 14.2 Å². The van der Waals surface area contributed by atoms with Crippen molar-refractivity contribution in [3.05, 3.63) is 52.6 Å². The fourth-order valence-corrected chi connectivity index (χ4v) is 4.35. The van der Waals surface area contributed by atoms with Crippen LogP contribution in [0.25, 0.3) is 11.1 Å². The number of rotatable bonds is 8.